The number of esters is 3. The van der Waals surface area contributed by atoms with Crippen LogP contribution in [-0.2, 0) is 38.2 Å². The molecule has 0 saturated heterocycles. The van der Waals surface area contributed by atoms with Gasteiger partial charge in [-0.2, -0.15) is 0 Å². The van der Waals surface area contributed by atoms with Crippen LogP contribution in [0.2, 0.25) is 0 Å². The van der Waals surface area contributed by atoms with E-state index in [-0.39, 0.29) is 41.6 Å². The number of carbonyl (C=O) groups excluding carboxylic acids is 6. The molecule has 0 spiro atoms. The van der Waals surface area contributed by atoms with Crippen molar-refractivity contribution in [1.29, 1.82) is 0 Å². The van der Waals surface area contributed by atoms with Gasteiger partial charge in [0, 0.05) is 25.7 Å². The van der Waals surface area contributed by atoms with Crippen LogP contribution in [0.15, 0.2) is 0 Å². The molecule has 1 rings (SSSR count). The molecule has 0 amide bonds. The predicted molar refractivity (Wildman–Crippen MR) is 89.8 cm³/mol. The highest BCUT2D eigenvalue weighted by Gasteiger charge is 2.34. The molecule has 26 heavy (non-hydrogen) atoms. The van der Waals surface area contributed by atoms with E-state index in [1.807, 2.05) is 0 Å². The van der Waals surface area contributed by atoms with Gasteiger partial charge in [-0.25, -0.2) is 4.79 Å². The van der Waals surface area contributed by atoms with E-state index in [1.165, 1.54) is 6.92 Å². The number of hydrogen-bond acceptors (Lipinski definition) is 8. The predicted octanol–water partition coefficient (Wildman–Crippen LogP) is 1.43. The molecule has 1 aliphatic carbocycles. The van der Waals surface area contributed by atoms with E-state index in [4.69, 9.17) is 4.74 Å². The molecular formula is C18H26O8. The zero-order valence-electron chi connectivity index (χ0n) is 15.6. The number of carbonyl (C=O) groups is 6. The molecule has 0 N–H and O–H groups in total. The Morgan fingerprint density at radius 1 is 0.923 bits per heavy atom. The average Bonchev–Trinajstić information content (AvgIpc) is 2.54. The van der Waals surface area contributed by atoms with E-state index in [2.05, 4.69) is 4.74 Å². The molecule has 3 unspecified atom stereocenters. The van der Waals surface area contributed by atoms with Crippen molar-refractivity contribution in [2.45, 2.75) is 53.4 Å². The summed E-state index contributed by atoms with van der Waals surface area (Å²) in [6, 6.07) is 0. The second kappa shape index (κ2) is 12.1. The van der Waals surface area contributed by atoms with Gasteiger partial charge in [-0.1, -0.05) is 0 Å². The van der Waals surface area contributed by atoms with Crippen LogP contribution in [0, 0.1) is 17.8 Å². The molecule has 0 aromatic carbocycles. The van der Waals surface area contributed by atoms with Gasteiger partial charge in [-0.05, 0) is 45.4 Å². The molecule has 1 saturated carbocycles. The highest BCUT2D eigenvalue weighted by molar-refractivity contribution is 6.22. The van der Waals surface area contributed by atoms with E-state index in [1.54, 1.807) is 13.8 Å². The highest BCUT2D eigenvalue weighted by atomic mass is 16.6. The fourth-order valence-electron chi connectivity index (χ4n) is 3.01. The summed E-state index contributed by atoms with van der Waals surface area (Å²) in [6.07, 6.45) is 2.95. The lowest BCUT2D eigenvalue weighted by atomic mass is 9.70. The van der Waals surface area contributed by atoms with Gasteiger partial charge in [0.2, 0.25) is 6.29 Å². The van der Waals surface area contributed by atoms with Crippen LogP contribution < -0.4 is 0 Å². The molecule has 0 radical (unpaired) electrons. The molecule has 0 bridgehead atoms. The maximum atomic E-state index is 11.6. The number of ether oxygens (including phenoxy) is 2. The largest absolute Gasteiger partial charge is 0.466 e. The molecule has 1 fully saturated rings. The van der Waals surface area contributed by atoms with Crippen LogP contribution in [0.25, 0.3) is 0 Å². The summed E-state index contributed by atoms with van der Waals surface area (Å²) in [7, 11) is 0. The Hall–Kier alpha value is -2.38. The SMILES string of the molecule is CC(=O)OC(=O)C=O.CC(=O)OCCC1CC(C(C)=O)CCC1C(C)=O. The molecule has 1 aliphatic rings. The second-order valence-corrected chi connectivity index (χ2v) is 6.26. The Labute approximate surface area is 152 Å². The third-order valence-electron chi connectivity index (χ3n) is 4.21. The topological polar surface area (TPSA) is 121 Å². The number of ketones is 2. The number of hydrogen-bond donors (Lipinski definition) is 0. The zero-order valence-corrected chi connectivity index (χ0v) is 15.6. The van der Waals surface area contributed by atoms with Crippen molar-refractivity contribution in [1.82, 2.24) is 0 Å². The van der Waals surface area contributed by atoms with Crippen molar-refractivity contribution in [3.05, 3.63) is 0 Å². The molecule has 8 nitrogen and oxygen atoms in total. The van der Waals surface area contributed by atoms with Crippen LogP contribution >= 0.6 is 0 Å². The third kappa shape index (κ3) is 9.80. The highest BCUT2D eigenvalue weighted by Crippen LogP contribution is 2.36. The van der Waals surface area contributed by atoms with Crippen LogP contribution in [0.4, 0.5) is 0 Å². The lowest BCUT2D eigenvalue weighted by Crippen LogP contribution is -2.32. The number of rotatable bonds is 6. The van der Waals surface area contributed by atoms with Crippen molar-refractivity contribution >= 4 is 35.8 Å². The van der Waals surface area contributed by atoms with Gasteiger partial charge < -0.3 is 9.47 Å². The van der Waals surface area contributed by atoms with Crippen LogP contribution in [0.3, 0.4) is 0 Å². The normalized spacial score (nSPS) is 21.5. The number of aldehydes is 1. The third-order valence-corrected chi connectivity index (χ3v) is 4.21. The maximum absolute atomic E-state index is 11.6. The van der Waals surface area contributed by atoms with Crippen molar-refractivity contribution in [3.63, 3.8) is 0 Å². The van der Waals surface area contributed by atoms with Gasteiger partial charge >= 0.3 is 17.9 Å². The monoisotopic (exact) mass is 370 g/mol. The molecular weight excluding hydrogens is 344 g/mol. The molecule has 0 heterocycles. The first-order chi connectivity index (χ1) is 12.1. The van der Waals surface area contributed by atoms with E-state index in [0.29, 0.717) is 13.0 Å². The summed E-state index contributed by atoms with van der Waals surface area (Å²) in [4.78, 5) is 62.8. The average molecular weight is 370 g/mol. The van der Waals surface area contributed by atoms with Crippen LogP contribution in [0.1, 0.15) is 53.4 Å². The van der Waals surface area contributed by atoms with E-state index in [0.717, 1.165) is 26.2 Å². The fourth-order valence-corrected chi connectivity index (χ4v) is 3.01. The second-order valence-electron chi connectivity index (χ2n) is 6.26. The van der Waals surface area contributed by atoms with Crippen LogP contribution in [-0.4, -0.2) is 42.4 Å². The van der Waals surface area contributed by atoms with Crippen molar-refractivity contribution in [3.8, 4) is 0 Å². The Morgan fingerprint density at radius 3 is 1.92 bits per heavy atom. The fraction of sp³-hybridized carbons (Fsp3) is 0.667. The first-order valence-corrected chi connectivity index (χ1v) is 8.40. The quantitative estimate of drug-likeness (QED) is 0.298. The smallest absolute Gasteiger partial charge is 0.378 e. The number of Topliss-reactive ketones (excluding diaryl/α,β-unsaturated/α-hetero) is 2. The minimum Gasteiger partial charge on any atom is -0.466 e. The van der Waals surface area contributed by atoms with E-state index >= 15 is 0 Å². The Morgan fingerprint density at radius 2 is 1.54 bits per heavy atom. The molecule has 0 aliphatic heterocycles. The molecule has 0 aromatic rings. The standard InChI is InChI=1S/C14H22O4.C4H4O4/c1-9(15)12-4-5-14(10(2)16)13(8-12)6-7-18-11(3)17;1-3(6)8-4(7)2-5/h12-14H,4-8H2,1-3H3;2H,1H3. The summed E-state index contributed by atoms with van der Waals surface area (Å²) >= 11 is 0. The molecule has 3 atom stereocenters. The molecule has 146 valence electrons. The minimum absolute atomic E-state index is 0.0242. The lowest BCUT2D eigenvalue weighted by Gasteiger charge is -2.33. The molecule has 0 aromatic heterocycles. The van der Waals surface area contributed by atoms with Crippen molar-refractivity contribution in [2.24, 2.45) is 17.8 Å². The summed E-state index contributed by atoms with van der Waals surface area (Å²) in [5, 5.41) is 0. The van der Waals surface area contributed by atoms with Gasteiger partial charge in [0.1, 0.15) is 11.6 Å². The first kappa shape index (κ1) is 23.6. The van der Waals surface area contributed by atoms with Crippen molar-refractivity contribution in [2.75, 3.05) is 6.61 Å². The Balaban J connectivity index is 0.000000660. The first-order valence-electron chi connectivity index (χ1n) is 8.40. The van der Waals surface area contributed by atoms with Crippen molar-refractivity contribution < 1.29 is 38.2 Å². The van der Waals surface area contributed by atoms with Crippen LogP contribution in [0.5, 0.6) is 0 Å². The van der Waals surface area contributed by atoms with E-state index in [9.17, 15) is 28.8 Å². The summed E-state index contributed by atoms with van der Waals surface area (Å²) in [5.74, 6) is -1.57. The zero-order chi connectivity index (χ0) is 20.3. The Kier molecular flexibility index (Phi) is 10.9. The summed E-state index contributed by atoms with van der Waals surface area (Å²) in [6.45, 7) is 5.98. The summed E-state index contributed by atoms with van der Waals surface area (Å²) in [5.41, 5.74) is 0. The minimum atomic E-state index is -1.16. The van der Waals surface area contributed by atoms with Gasteiger partial charge in [-0.3, -0.25) is 24.0 Å². The van der Waals surface area contributed by atoms with Gasteiger partial charge in [-0.15, -0.1) is 0 Å². The molecule has 8 heteroatoms. The summed E-state index contributed by atoms with van der Waals surface area (Å²) < 4.78 is 8.69. The lowest BCUT2D eigenvalue weighted by molar-refractivity contribution is -0.159. The van der Waals surface area contributed by atoms with E-state index < -0.39 is 11.9 Å². The maximum Gasteiger partial charge on any atom is 0.378 e. The van der Waals surface area contributed by atoms with Gasteiger partial charge in [0.05, 0.1) is 6.61 Å². The van der Waals surface area contributed by atoms with Gasteiger partial charge in [0.15, 0.2) is 0 Å². The van der Waals surface area contributed by atoms with Gasteiger partial charge in [0.25, 0.3) is 0 Å². The Bertz CT molecular complexity index is 551.